The fraction of sp³-hybridized carbons (Fsp3) is 0.500. The summed E-state index contributed by atoms with van der Waals surface area (Å²) in [7, 11) is 0. The van der Waals surface area contributed by atoms with Gasteiger partial charge in [-0.2, -0.15) is 0 Å². The lowest BCUT2D eigenvalue weighted by atomic mass is 10.3. The normalized spacial score (nSPS) is 10.4. The quantitative estimate of drug-likeness (QED) is 0.726. The van der Waals surface area contributed by atoms with E-state index in [4.69, 9.17) is 4.74 Å². The van der Waals surface area contributed by atoms with Crippen molar-refractivity contribution in [2.75, 3.05) is 19.7 Å². The van der Waals surface area contributed by atoms with Crippen LogP contribution >= 0.6 is 0 Å². The van der Waals surface area contributed by atoms with Crippen molar-refractivity contribution >= 4 is 0 Å². The summed E-state index contributed by atoms with van der Waals surface area (Å²) in [5.41, 5.74) is 0. The van der Waals surface area contributed by atoms with Crippen LogP contribution in [0, 0.1) is 11.6 Å². The van der Waals surface area contributed by atoms with Gasteiger partial charge in [-0.05, 0) is 38.1 Å². The van der Waals surface area contributed by atoms with E-state index in [-0.39, 0.29) is 5.75 Å². The molecule has 0 unspecified atom stereocenters. The number of halogens is 2. The summed E-state index contributed by atoms with van der Waals surface area (Å²) in [5.74, 6) is -1.57. The highest BCUT2D eigenvalue weighted by Crippen LogP contribution is 2.20. The average molecular weight is 229 g/mol. The number of ether oxygens (including phenoxy) is 1. The SMILES string of the molecule is CCNCCCCOc1c(F)cccc1F. The maximum atomic E-state index is 13.1. The van der Waals surface area contributed by atoms with Crippen LogP contribution in [0.25, 0.3) is 0 Å². The van der Waals surface area contributed by atoms with Gasteiger partial charge < -0.3 is 10.1 Å². The van der Waals surface area contributed by atoms with Crippen molar-refractivity contribution in [2.45, 2.75) is 19.8 Å². The summed E-state index contributed by atoms with van der Waals surface area (Å²) in [6.45, 7) is 4.21. The van der Waals surface area contributed by atoms with Crippen molar-refractivity contribution in [2.24, 2.45) is 0 Å². The van der Waals surface area contributed by atoms with Crippen molar-refractivity contribution in [1.29, 1.82) is 0 Å². The van der Waals surface area contributed by atoms with E-state index in [1.54, 1.807) is 0 Å². The molecule has 0 amide bonds. The minimum Gasteiger partial charge on any atom is -0.488 e. The van der Waals surface area contributed by atoms with E-state index in [0.29, 0.717) is 6.61 Å². The smallest absolute Gasteiger partial charge is 0.190 e. The van der Waals surface area contributed by atoms with Gasteiger partial charge in [0.1, 0.15) is 0 Å². The molecule has 2 nitrogen and oxygen atoms in total. The molecule has 4 heteroatoms. The predicted molar refractivity (Wildman–Crippen MR) is 59.6 cm³/mol. The molecule has 90 valence electrons. The van der Waals surface area contributed by atoms with Gasteiger partial charge in [0, 0.05) is 0 Å². The van der Waals surface area contributed by atoms with Gasteiger partial charge in [0.25, 0.3) is 0 Å². The van der Waals surface area contributed by atoms with E-state index in [1.165, 1.54) is 18.2 Å². The zero-order valence-corrected chi connectivity index (χ0v) is 9.43. The van der Waals surface area contributed by atoms with E-state index in [2.05, 4.69) is 5.32 Å². The molecular weight excluding hydrogens is 212 g/mol. The number of nitrogens with one attached hydrogen (secondary N) is 1. The summed E-state index contributed by atoms with van der Waals surface area (Å²) in [6.07, 6.45) is 1.71. The van der Waals surface area contributed by atoms with Gasteiger partial charge in [0.2, 0.25) is 0 Å². The third kappa shape index (κ3) is 4.14. The Balaban J connectivity index is 2.26. The van der Waals surface area contributed by atoms with Gasteiger partial charge in [-0.3, -0.25) is 0 Å². The third-order valence-corrected chi connectivity index (χ3v) is 2.16. The molecular formula is C12H17F2NO. The minimum atomic E-state index is -0.647. The molecule has 0 heterocycles. The fourth-order valence-electron chi connectivity index (χ4n) is 1.32. The molecule has 1 rings (SSSR count). The molecule has 0 aliphatic carbocycles. The van der Waals surface area contributed by atoms with Crippen LogP contribution in [0.4, 0.5) is 8.78 Å². The molecule has 0 bridgehead atoms. The van der Waals surface area contributed by atoms with Gasteiger partial charge in [-0.25, -0.2) is 8.78 Å². The number of para-hydroxylation sites is 1. The first-order chi connectivity index (χ1) is 7.75. The Morgan fingerprint density at radius 3 is 2.50 bits per heavy atom. The van der Waals surface area contributed by atoms with Crippen LogP contribution < -0.4 is 10.1 Å². The number of hydrogen-bond donors (Lipinski definition) is 1. The molecule has 1 aromatic carbocycles. The Hall–Kier alpha value is -1.16. The van der Waals surface area contributed by atoms with Gasteiger partial charge in [-0.1, -0.05) is 13.0 Å². The lowest BCUT2D eigenvalue weighted by molar-refractivity contribution is 0.276. The maximum Gasteiger partial charge on any atom is 0.190 e. The summed E-state index contributed by atoms with van der Waals surface area (Å²) < 4.78 is 31.3. The second-order valence-corrected chi connectivity index (χ2v) is 3.46. The molecule has 0 aliphatic rings. The molecule has 0 radical (unpaired) electrons. The van der Waals surface area contributed by atoms with Gasteiger partial charge in [0.05, 0.1) is 6.61 Å². The Morgan fingerprint density at radius 1 is 1.19 bits per heavy atom. The Labute approximate surface area is 94.6 Å². The van der Waals surface area contributed by atoms with Crippen LogP contribution in [0.1, 0.15) is 19.8 Å². The highest BCUT2D eigenvalue weighted by Gasteiger charge is 2.08. The van der Waals surface area contributed by atoms with Crippen LogP contribution in [0.2, 0.25) is 0 Å². The zero-order valence-electron chi connectivity index (χ0n) is 9.43. The highest BCUT2D eigenvalue weighted by atomic mass is 19.1. The third-order valence-electron chi connectivity index (χ3n) is 2.16. The molecule has 0 atom stereocenters. The summed E-state index contributed by atoms with van der Waals surface area (Å²) >= 11 is 0. The number of rotatable bonds is 7. The van der Waals surface area contributed by atoms with Gasteiger partial charge in [0.15, 0.2) is 17.4 Å². The molecule has 0 fully saturated rings. The van der Waals surface area contributed by atoms with Crippen molar-refractivity contribution in [3.05, 3.63) is 29.8 Å². The number of benzene rings is 1. The first-order valence-electron chi connectivity index (χ1n) is 5.53. The molecule has 1 N–H and O–H groups in total. The molecule has 0 aromatic heterocycles. The lowest BCUT2D eigenvalue weighted by Gasteiger charge is -2.07. The van der Waals surface area contributed by atoms with Gasteiger partial charge >= 0.3 is 0 Å². The highest BCUT2D eigenvalue weighted by molar-refractivity contribution is 5.25. The predicted octanol–water partition coefficient (Wildman–Crippen LogP) is 2.73. The van der Waals surface area contributed by atoms with E-state index in [9.17, 15) is 8.78 Å². The molecule has 0 aliphatic heterocycles. The fourth-order valence-corrected chi connectivity index (χ4v) is 1.32. The molecule has 1 aromatic rings. The summed E-state index contributed by atoms with van der Waals surface area (Å²) in [5, 5.41) is 3.17. The van der Waals surface area contributed by atoms with E-state index >= 15 is 0 Å². The molecule has 16 heavy (non-hydrogen) atoms. The molecule has 0 saturated heterocycles. The average Bonchev–Trinajstić information content (AvgIpc) is 2.26. The molecule has 0 saturated carbocycles. The Kier molecular flexibility index (Phi) is 5.78. The lowest BCUT2D eigenvalue weighted by Crippen LogP contribution is -2.14. The summed E-state index contributed by atoms with van der Waals surface area (Å²) in [4.78, 5) is 0. The van der Waals surface area contributed by atoms with Crippen LogP contribution in [0.3, 0.4) is 0 Å². The van der Waals surface area contributed by atoms with Crippen molar-refractivity contribution < 1.29 is 13.5 Å². The standard InChI is InChI=1S/C12H17F2NO/c1-2-15-8-3-4-9-16-12-10(13)6-5-7-11(12)14/h5-7,15H,2-4,8-9H2,1H3. The van der Waals surface area contributed by atoms with Crippen LogP contribution in [0.5, 0.6) is 5.75 Å². The van der Waals surface area contributed by atoms with Gasteiger partial charge in [-0.15, -0.1) is 0 Å². The monoisotopic (exact) mass is 229 g/mol. The Bertz CT molecular complexity index is 298. The first kappa shape index (κ1) is 12.9. The van der Waals surface area contributed by atoms with Crippen molar-refractivity contribution in [3.8, 4) is 5.75 Å². The maximum absolute atomic E-state index is 13.1. The summed E-state index contributed by atoms with van der Waals surface area (Å²) in [6, 6.07) is 3.71. The van der Waals surface area contributed by atoms with Crippen molar-refractivity contribution in [1.82, 2.24) is 5.32 Å². The van der Waals surface area contributed by atoms with E-state index in [0.717, 1.165) is 25.9 Å². The van der Waals surface area contributed by atoms with E-state index < -0.39 is 11.6 Å². The number of hydrogen-bond acceptors (Lipinski definition) is 2. The second-order valence-electron chi connectivity index (χ2n) is 3.46. The Morgan fingerprint density at radius 2 is 1.88 bits per heavy atom. The van der Waals surface area contributed by atoms with Crippen LogP contribution in [-0.4, -0.2) is 19.7 Å². The number of unbranched alkanes of at least 4 members (excludes halogenated alkanes) is 1. The second kappa shape index (κ2) is 7.17. The first-order valence-corrected chi connectivity index (χ1v) is 5.53. The van der Waals surface area contributed by atoms with E-state index in [1.807, 2.05) is 6.92 Å². The molecule has 0 spiro atoms. The van der Waals surface area contributed by atoms with Crippen LogP contribution in [0.15, 0.2) is 18.2 Å². The van der Waals surface area contributed by atoms with Crippen LogP contribution in [-0.2, 0) is 0 Å². The zero-order chi connectivity index (χ0) is 11.8. The van der Waals surface area contributed by atoms with Crippen molar-refractivity contribution in [3.63, 3.8) is 0 Å². The topological polar surface area (TPSA) is 21.3 Å². The minimum absolute atomic E-state index is 0.272. The largest absolute Gasteiger partial charge is 0.488 e.